The summed E-state index contributed by atoms with van der Waals surface area (Å²) in [5.41, 5.74) is 0.986. The molecule has 0 heterocycles. The second-order valence-corrected chi connectivity index (χ2v) is 4.04. The van der Waals surface area contributed by atoms with Gasteiger partial charge in [0.2, 0.25) is 0 Å². The minimum Gasteiger partial charge on any atom is -0.481 e. The van der Waals surface area contributed by atoms with Crippen LogP contribution in [0.15, 0.2) is 43.0 Å². The number of aliphatic hydroxyl groups excluding tert-OH is 1. The van der Waals surface area contributed by atoms with Crippen LogP contribution in [0.5, 0.6) is 0 Å². The highest BCUT2D eigenvalue weighted by Gasteiger charge is 2.25. The van der Waals surface area contributed by atoms with E-state index >= 15 is 0 Å². The molecule has 2 atom stereocenters. The van der Waals surface area contributed by atoms with Gasteiger partial charge in [0.05, 0.1) is 25.2 Å². The third-order valence-corrected chi connectivity index (χ3v) is 2.60. The Bertz CT molecular complexity index is 375. The van der Waals surface area contributed by atoms with Gasteiger partial charge < -0.3 is 14.9 Å². The fourth-order valence-corrected chi connectivity index (χ4v) is 1.59. The van der Waals surface area contributed by atoms with Crippen LogP contribution < -0.4 is 0 Å². The zero-order chi connectivity index (χ0) is 13.4. The van der Waals surface area contributed by atoms with Crippen LogP contribution in [0.25, 0.3) is 0 Å². The highest BCUT2D eigenvalue weighted by Crippen LogP contribution is 2.11. The third kappa shape index (κ3) is 4.69. The normalized spacial score (nSPS) is 13.8. The van der Waals surface area contributed by atoms with Crippen molar-refractivity contribution >= 4 is 5.97 Å². The van der Waals surface area contributed by atoms with Crippen molar-refractivity contribution in [3.63, 3.8) is 0 Å². The van der Waals surface area contributed by atoms with Crippen LogP contribution in [-0.4, -0.2) is 28.9 Å². The van der Waals surface area contributed by atoms with Crippen molar-refractivity contribution < 1.29 is 19.7 Å². The first-order chi connectivity index (χ1) is 8.65. The third-order valence-electron chi connectivity index (χ3n) is 2.60. The Morgan fingerprint density at radius 3 is 2.61 bits per heavy atom. The van der Waals surface area contributed by atoms with Gasteiger partial charge in [-0.15, -0.1) is 6.58 Å². The summed E-state index contributed by atoms with van der Waals surface area (Å²) in [4.78, 5) is 10.9. The minimum absolute atomic E-state index is 0.000297. The summed E-state index contributed by atoms with van der Waals surface area (Å²) in [6, 6.07) is 9.51. The van der Waals surface area contributed by atoms with Gasteiger partial charge in [-0.2, -0.15) is 0 Å². The molecule has 0 aliphatic rings. The smallest absolute Gasteiger partial charge is 0.309 e. The van der Waals surface area contributed by atoms with Crippen LogP contribution in [0, 0.1) is 5.92 Å². The molecule has 0 spiro atoms. The van der Waals surface area contributed by atoms with Gasteiger partial charge in [0.25, 0.3) is 0 Å². The molecule has 0 aromatic heterocycles. The number of aliphatic carboxylic acids is 1. The number of rotatable bonds is 8. The molecule has 0 saturated heterocycles. The SMILES string of the molecule is C=CC[C@H](C(=O)O)[C@H](O)COCc1ccccc1. The molecule has 4 nitrogen and oxygen atoms in total. The van der Waals surface area contributed by atoms with E-state index < -0.39 is 18.0 Å². The number of hydrogen-bond acceptors (Lipinski definition) is 3. The summed E-state index contributed by atoms with van der Waals surface area (Å²) in [5, 5.41) is 18.7. The minimum atomic E-state index is -1.04. The quantitative estimate of drug-likeness (QED) is 0.691. The van der Waals surface area contributed by atoms with E-state index in [0.29, 0.717) is 6.61 Å². The van der Waals surface area contributed by atoms with Crippen LogP contribution in [-0.2, 0) is 16.1 Å². The Hall–Kier alpha value is -1.65. The van der Waals surface area contributed by atoms with E-state index in [-0.39, 0.29) is 13.0 Å². The number of carboxylic acids is 1. The zero-order valence-corrected chi connectivity index (χ0v) is 10.2. The lowest BCUT2D eigenvalue weighted by molar-refractivity contribution is -0.147. The van der Waals surface area contributed by atoms with Gasteiger partial charge in [-0.1, -0.05) is 36.4 Å². The molecule has 0 amide bonds. The molecular formula is C14H18O4. The maximum absolute atomic E-state index is 10.9. The van der Waals surface area contributed by atoms with Crippen molar-refractivity contribution in [3.8, 4) is 0 Å². The molecule has 0 aliphatic carbocycles. The van der Waals surface area contributed by atoms with Crippen LogP contribution in [0.1, 0.15) is 12.0 Å². The maximum Gasteiger partial charge on any atom is 0.309 e. The summed E-state index contributed by atoms with van der Waals surface area (Å²) in [6.07, 6.45) is 0.689. The van der Waals surface area contributed by atoms with Gasteiger partial charge in [0.1, 0.15) is 0 Å². The number of benzene rings is 1. The Balaban J connectivity index is 2.37. The van der Waals surface area contributed by atoms with Crippen molar-refractivity contribution in [2.75, 3.05) is 6.61 Å². The summed E-state index contributed by atoms with van der Waals surface area (Å²) in [5.74, 6) is -1.90. The lowest BCUT2D eigenvalue weighted by Crippen LogP contribution is -2.31. The van der Waals surface area contributed by atoms with Crippen molar-refractivity contribution in [1.82, 2.24) is 0 Å². The van der Waals surface area contributed by atoms with Gasteiger partial charge in [0, 0.05) is 0 Å². The predicted octanol–water partition coefficient (Wildman–Crippen LogP) is 1.84. The van der Waals surface area contributed by atoms with Gasteiger partial charge in [0.15, 0.2) is 0 Å². The first-order valence-electron chi connectivity index (χ1n) is 5.78. The van der Waals surface area contributed by atoms with Crippen molar-refractivity contribution in [1.29, 1.82) is 0 Å². The van der Waals surface area contributed by atoms with Gasteiger partial charge in [-0.05, 0) is 12.0 Å². The van der Waals surface area contributed by atoms with E-state index in [1.165, 1.54) is 6.08 Å². The first-order valence-corrected chi connectivity index (χ1v) is 5.78. The number of hydrogen-bond donors (Lipinski definition) is 2. The molecule has 1 aromatic carbocycles. The highest BCUT2D eigenvalue weighted by molar-refractivity contribution is 5.70. The molecule has 0 saturated carbocycles. The number of aliphatic hydroxyl groups is 1. The molecule has 0 aliphatic heterocycles. The van der Waals surface area contributed by atoms with Crippen LogP contribution >= 0.6 is 0 Å². The summed E-state index contributed by atoms with van der Waals surface area (Å²) in [7, 11) is 0. The molecular weight excluding hydrogens is 232 g/mol. The van der Waals surface area contributed by atoms with Crippen molar-refractivity contribution in [2.24, 2.45) is 5.92 Å². The molecule has 1 aromatic rings. The molecule has 0 fully saturated rings. The Labute approximate surface area is 107 Å². The van der Waals surface area contributed by atoms with E-state index in [2.05, 4.69) is 6.58 Å². The summed E-state index contributed by atoms with van der Waals surface area (Å²) >= 11 is 0. The Morgan fingerprint density at radius 1 is 1.39 bits per heavy atom. The van der Waals surface area contributed by atoms with Crippen molar-refractivity contribution in [2.45, 2.75) is 19.1 Å². The molecule has 0 unspecified atom stereocenters. The monoisotopic (exact) mass is 250 g/mol. The standard InChI is InChI=1S/C14H18O4/c1-2-6-12(14(16)17)13(15)10-18-9-11-7-4-3-5-8-11/h2-5,7-8,12-13,15H,1,6,9-10H2,(H,16,17)/t12-,13+/m0/s1. The maximum atomic E-state index is 10.9. The van der Waals surface area contributed by atoms with Crippen LogP contribution in [0.4, 0.5) is 0 Å². The second-order valence-electron chi connectivity index (χ2n) is 4.04. The number of ether oxygens (including phenoxy) is 1. The molecule has 18 heavy (non-hydrogen) atoms. The van der Waals surface area contributed by atoms with Crippen LogP contribution in [0.3, 0.4) is 0 Å². The summed E-state index contributed by atoms with van der Waals surface area (Å²) < 4.78 is 5.31. The second kappa shape index (κ2) is 7.63. The molecule has 2 N–H and O–H groups in total. The highest BCUT2D eigenvalue weighted by atomic mass is 16.5. The Kier molecular flexibility index (Phi) is 6.11. The number of allylic oxidation sites excluding steroid dienone is 1. The van der Waals surface area contributed by atoms with Gasteiger partial charge >= 0.3 is 5.97 Å². The van der Waals surface area contributed by atoms with Gasteiger partial charge in [-0.3, -0.25) is 4.79 Å². The lowest BCUT2D eigenvalue weighted by atomic mass is 9.99. The largest absolute Gasteiger partial charge is 0.481 e. The Morgan fingerprint density at radius 2 is 2.06 bits per heavy atom. The van der Waals surface area contributed by atoms with E-state index in [9.17, 15) is 9.90 Å². The average molecular weight is 250 g/mol. The van der Waals surface area contributed by atoms with E-state index in [1.54, 1.807) is 0 Å². The molecule has 4 heteroatoms. The topological polar surface area (TPSA) is 66.8 Å². The van der Waals surface area contributed by atoms with Crippen LogP contribution in [0.2, 0.25) is 0 Å². The van der Waals surface area contributed by atoms with E-state index in [1.807, 2.05) is 30.3 Å². The van der Waals surface area contributed by atoms with E-state index in [0.717, 1.165) is 5.56 Å². The predicted molar refractivity (Wildman–Crippen MR) is 68.0 cm³/mol. The summed E-state index contributed by atoms with van der Waals surface area (Å²) in [6.45, 7) is 3.84. The number of carbonyl (C=O) groups is 1. The fraction of sp³-hybridized carbons (Fsp3) is 0.357. The molecule has 1 rings (SSSR count). The molecule has 0 radical (unpaired) electrons. The van der Waals surface area contributed by atoms with E-state index in [4.69, 9.17) is 9.84 Å². The molecule has 0 bridgehead atoms. The van der Waals surface area contributed by atoms with Gasteiger partial charge in [-0.25, -0.2) is 0 Å². The lowest BCUT2D eigenvalue weighted by Gasteiger charge is -2.17. The molecule has 98 valence electrons. The fourth-order valence-electron chi connectivity index (χ4n) is 1.59. The van der Waals surface area contributed by atoms with Crippen molar-refractivity contribution in [3.05, 3.63) is 48.6 Å². The first kappa shape index (κ1) is 14.4. The average Bonchev–Trinajstić information content (AvgIpc) is 2.36. The zero-order valence-electron chi connectivity index (χ0n) is 10.2. The number of carboxylic acid groups (broad SMARTS) is 1.